The number of benzene rings is 4. The summed E-state index contributed by atoms with van der Waals surface area (Å²) >= 11 is 12.5. The molecule has 6 nitrogen and oxygen atoms in total. The van der Waals surface area contributed by atoms with Gasteiger partial charge in [0.05, 0.1) is 0 Å². The fourth-order valence-electron chi connectivity index (χ4n) is 6.11. The van der Waals surface area contributed by atoms with Gasteiger partial charge in [-0.3, -0.25) is 25.0 Å². The van der Waals surface area contributed by atoms with Crippen LogP contribution >= 0.6 is 23.2 Å². The van der Waals surface area contributed by atoms with Crippen molar-refractivity contribution in [2.24, 2.45) is 5.41 Å². The van der Waals surface area contributed by atoms with Gasteiger partial charge in [-0.1, -0.05) is 108 Å². The highest BCUT2D eigenvalue weighted by molar-refractivity contribution is 6.31. The van der Waals surface area contributed by atoms with Gasteiger partial charge in [0.25, 0.3) is 0 Å². The van der Waals surface area contributed by atoms with Crippen molar-refractivity contribution in [2.75, 3.05) is 0 Å². The number of barbiturate groups is 1. The number of imide groups is 2. The molecular weight excluding hydrogens is 583 g/mol. The monoisotopic (exact) mass is 606 g/mol. The van der Waals surface area contributed by atoms with E-state index in [1.165, 1.54) is 0 Å². The average molecular weight is 607 g/mol. The summed E-state index contributed by atoms with van der Waals surface area (Å²) in [5, 5.41) is 5.59. The first-order valence-corrected chi connectivity index (χ1v) is 14.3. The van der Waals surface area contributed by atoms with Gasteiger partial charge in [-0.05, 0) is 58.7 Å². The van der Waals surface area contributed by atoms with Gasteiger partial charge in [-0.2, -0.15) is 0 Å². The van der Waals surface area contributed by atoms with Gasteiger partial charge < -0.3 is 0 Å². The highest BCUT2D eigenvalue weighted by atomic mass is 35.5. The number of ketones is 1. The molecule has 4 amide bonds. The number of hydrogen-bond acceptors (Lipinski definition) is 4. The second kappa shape index (κ2) is 11.5. The minimum absolute atomic E-state index is 0.223. The van der Waals surface area contributed by atoms with Crippen molar-refractivity contribution in [3.05, 3.63) is 153 Å². The summed E-state index contributed by atoms with van der Waals surface area (Å²) < 4.78 is 0. The Morgan fingerprint density at radius 1 is 0.535 bits per heavy atom. The summed E-state index contributed by atoms with van der Waals surface area (Å²) in [6, 6.07) is 30.8. The van der Waals surface area contributed by atoms with Crippen LogP contribution in [0.4, 0.5) is 4.79 Å². The van der Waals surface area contributed by atoms with Crippen LogP contribution in [0.1, 0.15) is 34.1 Å². The molecule has 2 fully saturated rings. The maximum absolute atomic E-state index is 14.8. The van der Waals surface area contributed by atoms with Crippen molar-refractivity contribution < 1.29 is 19.2 Å². The molecule has 43 heavy (non-hydrogen) atoms. The van der Waals surface area contributed by atoms with Gasteiger partial charge in [-0.15, -0.1) is 0 Å². The molecule has 1 spiro atoms. The number of carbonyl (C=O) groups is 4. The lowest BCUT2D eigenvalue weighted by molar-refractivity contribution is -0.147. The highest BCUT2D eigenvalue weighted by Crippen LogP contribution is 2.59. The maximum Gasteiger partial charge on any atom is 0.328 e. The van der Waals surface area contributed by atoms with E-state index in [9.17, 15) is 19.2 Å². The van der Waals surface area contributed by atoms with Crippen LogP contribution in [-0.4, -0.2) is 23.6 Å². The van der Waals surface area contributed by atoms with Crippen LogP contribution < -0.4 is 10.6 Å². The lowest BCUT2D eigenvalue weighted by Gasteiger charge is -2.50. The average Bonchev–Trinajstić information content (AvgIpc) is 3.00. The molecule has 2 N–H and O–H groups in total. The molecule has 6 rings (SSSR count). The molecule has 1 saturated carbocycles. The Morgan fingerprint density at radius 3 is 1.28 bits per heavy atom. The van der Waals surface area contributed by atoms with E-state index in [2.05, 4.69) is 10.6 Å². The van der Waals surface area contributed by atoms with Crippen LogP contribution in [0.25, 0.3) is 12.2 Å². The molecule has 8 heteroatoms. The van der Waals surface area contributed by atoms with E-state index in [-0.39, 0.29) is 16.9 Å². The zero-order chi connectivity index (χ0) is 30.1. The molecule has 0 aromatic heterocycles. The van der Waals surface area contributed by atoms with Gasteiger partial charge in [-0.25, -0.2) is 4.79 Å². The molecular formula is C35H24Cl2N2O4. The Kier molecular flexibility index (Phi) is 7.57. The number of Topliss-reactive ketones (excluding diaryl/α,β-unsaturated/α-hetero) is 1. The van der Waals surface area contributed by atoms with E-state index in [0.717, 1.165) is 0 Å². The van der Waals surface area contributed by atoms with Crippen molar-refractivity contribution >= 4 is 59.0 Å². The van der Waals surface area contributed by atoms with Crippen molar-refractivity contribution in [3.8, 4) is 0 Å². The van der Waals surface area contributed by atoms with Gasteiger partial charge >= 0.3 is 6.03 Å². The summed E-state index contributed by atoms with van der Waals surface area (Å²) in [5.41, 5.74) is 0.883. The normalized spacial score (nSPS) is 21.6. The molecule has 4 aromatic carbocycles. The van der Waals surface area contributed by atoms with E-state index in [0.29, 0.717) is 32.3 Å². The van der Waals surface area contributed by atoms with Crippen LogP contribution in [0.15, 0.2) is 120 Å². The quantitative estimate of drug-likeness (QED) is 0.194. The van der Waals surface area contributed by atoms with Crippen molar-refractivity contribution in [2.45, 2.75) is 11.8 Å². The number of allylic oxidation sites excluding steroid dienone is 2. The Bertz CT molecular complexity index is 1670. The Hall–Kier alpha value is -4.78. The molecule has 2 aliphatic rings. The third-order valence-electron chi connectivity index (χ3n) is 7.91. The van der Waals surface area contributed by atoms with Crippen LogP contribution in [0, 0.1) is 5.41 Å². The van der Waals surface area contributed by atoms with Crippen molar-refractivity contribution in [1.29, 1.82) is 0 Å². The van der Waals surface area contributed by atoms with E-state index >= 15 is 0 Å². The van der Waals surface area contributed by atoms with Crippen molar-refractivity contribution in [1.82, 2.24) is 10.6 Å². The first-order valence-electron chi connectivity index (χ1n) is 13.5. The minimum Gasteiger partial charge on any atom is -0.289 e. The number of halogens is 2. The zero-order valence-electron chi connectivity index (χ0n) is 22.6. The van der Waals surface area contributed by atoms with Crippen LogP contribution in [0.2, 0.25) is 10.0 Å². The molecule has 1 aliphatic carbocycles. The topological polar surface area (TPSA) is 92.3 Å². The van der Waals surface area contributed by atoms with Gasteiger partial charge in [0.1, 0.15) is 0 Å². The molecule has 2 atom stereocenters. The molecule has 212 valence electrons. The molecule has 1 heterocycles. The SMILES string of the molecule is O=C1NC(=O)C2(C(=O)N1)C(c1ccc(Cl)cc1)/C(=C\c1ccccc1)C(=O)/C(=C/c1ccccc1)C2c1ccc(Cl)cc1. The number of hydrogen-bond donors (Lipinski definition) is 2. The Balaban J connectivity index is 1.74. The summed E-state index contributed by atoms with van der Waals surface area (Å²) in [5.74, 6) is -4.16. The second-order valence-electron chi connectivity index (χ2n) is 10.4. The van der Waals surface area contributed by atoms with Crippen molar-refractivity contribution in [3.63, 3.8) is 0 Å². The van der Waals surface area contributed by atoms with E-state index in [1.54, 1.807) is 60.7 Å². The third-order valence-corrected chi connectivity index (χ3v) is 8.42. The Morgan fingerprint density at radius 2 is 0.907 bits per heavy atom. The molecule has 2 unspecified atom stereocenters. The number of nitrogens with one attached hydrogen (secondary N) is 2. The molecule has 1 aliphatic heterocycles. The summed E-state index contributed by atoms with van der Waals surface area (Å²) in [6.45, 7) is 0. The molecule has 1 saturated heterocycles. The lowest BCUT2D eigenvalue weighted by Crippen LogP contribution is -2.68. The van der Waals surface area contributed by atoms with Gasteiger partial charge in [0.2, 0.25) is 11.8 Å². The fraction of sp³-hybridized carbons (Fsp3) is 0.0857. The number of rotatable bonds is 4. The minimum atomic E-state index is -2.00. The van der Waals surface area contributed by atoms with E-state index in [4.69, 9.17) is 23.2 Å². The summed E-state index contributed by atoms with van der Waals surface area (Å²) in [6.07, 6.45) is 3.41. The fourth-order valence-corrected chi connectivity index (χ4v) is 6.36. The second-order valence-corrected chi connectivity index (χ2v) is 11.3. The standard InChI is InChI=1S/C35H24Cl2N2O4/c36-25-15-11-23(12-16-25)29-27(19-21-7-3-1-4-8-21)31(40)28(20-22-9-5-2-6-10-22)30(24-13-17-26(37)18-14-24)35(29)32(41)38-34(43)39-33(35)42/h1-20,29-30H,(H2,38,39,41,42,43)/b27-19+,28-20+. The maximum atomic E-state index is 14.8. The van der Waals surface area contributed by atoms with E-state index in [1.807, 2.05) is 60.7 Å². The molecule has 0 radical (unpaired) electrons. The number of carbonyl (C=O) groups excluding carboxylic acids is 4. The first kappa shape index (κ1) is 28.3. The first-order chi connectivity index (χ1) is 20.8. The summed E-state index contributed by atoms with van der Waals surface area (Å²) in [4.78, 5) is 56.1. The smallest absolute Gasteiger partial charge is 0.289 e. The highest BCUT2D eigenvalue weighted by Gasteiger charge is 2.66. The summed E-state index contributed by atoms with van der Waals surface area (Å²) in [7, 11) is 0. The predicted molar refractivity (Wildman–Crippen MR) is 166 cm³/mol. The zero-order valence-corrected chi connectivity index (χ0v) is 24.1. The van der Waals surface area contributed by atoms with E-state index < -0.39 is 35.1 Å². The third kappa shape index (κ3) is 5.09. The van der Waals surface area contributed by atoms with Crippen LogP contribution in [0.3, 0.4) is 0 Å². The lowest BCUT2D eigenvalue weighted by atomic mass is 9.51. The predicted octanol–water partition coefficient (Wildman–Crippen LogP) is 6.96. The van der Waals surface area contributed by atoms with Gasteiger partial charge in [0, 0.05) is 33.0 Å². The molecule has 0 bridgehead atoms. The number of urea groups is 1. The van der Waals surface area contributed by atoms with Gasteiger partial charge in [0.15, 0.2) is 11.2 Å². The van der Waals surface area contributed by atoms with Crippen LogP contribution in [0.5, 0.6) is 0 Å². The Labute approximate surface area is 258 Å². The number of amides is 4. The van der Waals surface area contributed by atoms with Crippen LogP contribution in [-0.2, 0) is 14.4 Å². The largest absolute Gasteiger partial charge is 0.328 e. The molecule has 4 aromatic rings.